The van der Waals surface area contributed by atoms with Crippen molar-refractivity contribution in [2.24, 2.45) is 0 Å². The zero-order valence-corrected chi connectivity index (χ0v) is 17.7. The van der Waals surface area contributed by atoms with Crippen LogP contribution < -0.4 is 10.2 Å². The lowest BCUT2D eigenvalue weighted by Crippen LogP contribution is -2.54. The van der Waals surface area contributed by atoms with Crippen molar-refractivity contribution in [1.82, 2.24) is 5.32 Å². The number of imide groups is 2. The van der Waals surface area contributed by atoms with E-state index in [1.165, 1.54) is 36.4 Å². The van der Waals surface area contributed by atoms with Crippen molar-refractivity contribution in [2.75, 3.05) is 4.90 Å². The average Bonchev–Trinajstić information content (AvgIpc) is 3.18. The summed E-state index contributed by atoms with van der Waals surface area (Å²) in [6.45, 7) is 3.38. The molecule has 0 radical (unpaired) electrons. The van der Waals surface area contributed by atoms with Crippen LogP contribution in [0.5, 0.6) is 0 Å². The minimum Gasteiger partial charge on any atom is -0.478 e. The summed E-state index contributed by atoms with van der Waals surface area (Å²) in [7, 11) is 0. The molecule has 1 aliphatic rings. The minimum absolute atomic E-state index is 0.0857. The number of para-hydroxylation sites is 1. The lowest BCUT2D eigenvalue weighted by atomic mass is 10.1. The van der Waals surface area contributed by atoms with Crippen LogP contribution in [-0.2, 0) is 14.4 Å². The number of hydrogen-bond acceptors (Lipinski definition) is 5. The molecule has 0 unspecified atom stereocenters. The number of hydrogen-bond donors (Lipinski definition) is 2. The molecule has 4 amide bonds. The van der Waals surface area contributed by atoms with Gasteiger partial charge in [-0.15, -0.1) is 0 Å². The van der Waals surface area contributed by atoms with Gasteiger partial charge in [0, 0.05) is 0 Å². The van der Waals surface area contributed by atoms with Crippen molar-refractivity contribution in [1.29, 1.82) is 0 Å². The fraction of sp³-hybridized carbons (Fsp3) is 0.0833. The second-order valence-electron chi connectivity index (χ2n) is 6.94. The molecule has 8 nitrogen and oxygen atoms in total. The van der Waals surface area contributed by atoms with Gasteiger partial charge < -0.3 is 9.52 Å². The number of carboxylic acids is 1. The topological polar surface area (TPSA) is 117 Å². The maximum atomic E-state index is 14.1. The summed E-state index contributed by atoms with van der Waals surface area (Å²) in [5.41, 5.74) is -0.0378. The highest BCUT2D eigenvalue weighted by atomic mass is 19.1. The number of carbonyl (C=O) groups is 4. The van der Waals surface area contributed by atoms with E-state index in [-0.39, 0.29) is 17.0 Å². The molecule has 33 heavy (non-hydrogen) atoms. The molecule has 1 saturated heterocycles. The number of aliphatic carboxylic acids is 1. The third-order valence-corrected chi connectivity index (χ3v) is 4.48. The van der Waals surface area contributed by atoms with Gasteiger partial charge in [-0.2, -0.15) is 0 Å². The highest BCUT2D eigenvalue weighted by Crippen LogP contribution is 2.25. The number of carboxylic acid groups (broad SMARTS) is 1. The molecule has 1 aromatic heterocycles. The number of rotatable bonds is 6. The summed E-state index contributed by atoms with van der Waals surface area (Å²) in [5.74, 6) is -3.36. The predicted molar refractivity (Wildman–Crippen MR) is 118 cm³/mol. The number of amides is 4. The summed E-state index contributed by atoms with van der Waals surface area (Å²) < 4.78 is 19.7. The maximum absolute atomic E-state index is 14.1. The number of nitrogens with zero attached hydrogens (tertiary/aromatic N) is 1. The molecule has 168 valence electrons. The van der Waals surface area contributed by atoms with Gasteiger partial charge in [-0.05, 0) is 61.9 Å². The summed E-state index contributed by atoms with van der Waals surface area (Å²) in [5, 5.41) is 11.2. The highest BCUT2D eigenvalue weighted by molar-refractivity contribution is 6.39. The average molecular weight is 450 g/mol. The molecule has 1 fully saturated rings. The van der Waals surface area contributed by atoms with Gasteiger partial charge in [0.1, 0.15) is 22.9 Å². The maximum Gasteiger partial charge on any atom is 0.336 e. The lowest BCUT2D eigenvalue weighted by Gasteiger charge is -2.26. The molecule has 2 aromatic rings. The first-order valence-corrected chi connectivity index (χ1v) is 9.73. The van der Waals surface area contributed by atoms with Crippen molar-refractivity contribution >= 4 is 41.7 Å². The summed E-state index contributed by atoms with van der Waals surface area (Å²) in [4.78, 5) is 49.0. The van der Waals surface area contributed by atoms with Crippen molar-refractivity contribution < 1.29 is 33.1 Å². The second-order valence-corrected chi connectivity index (χ2v) is 6.94. The Labute approximate surface area is 188 Å². The quantitative estimate of drug-likeness (QED) is 0.389. The Morgan fingerprint density at radius 3 is 2.48 bits per heavy atom. The Hall–Kier alpha value is -4.53. The third kappa shape index (κ3) is 5.21. The number of halogens is 1. The van der Waals surface area contributed by atoms with Crippen LogP contribution in [-0.4, -0.2) is 28.9 Å². The lowest BCUT2D eigenvalue weighted by molar-refractivity contribution is -0.132. The van der Waals surface area contributed by atoms with Gasteiger partial charge in [0.15, 0.2) is 0 Å². The van der Waals surface area contributed by atoms with Crippen molar-refractivity contribution in [2.45, 2.75) is 13.8 Å². The van der Waals surface area contributed by atoms with Crippen molar-refractivity contribution in [3.63, 3.8) is 0 Å². The number of benzene rings is 1. The number of barbiturate groups is 1. The van der Waals surface area contributed by atoms with E-state index in [1.807, 2.05) is 5.32 Å². The first-order chi connectivity index (χ1) is 15.7. The standard InChI is InChI=1S/C24H19FN2O6/c1-3-6-15(23(30)31)11-14(2)12-16-9-10-17(33-16)13-18-21(28)26-24(32)27(22(18)29)20-8-5-4-7-19(20)25/h3-13H,1-2H3,(H,30,31)(H,26,28,32)/b6-3-,14-12+,15-11+,18-13+. The molecule has 1 aliphatic heterocycles. The molecular weight excluding hydrogens is 431 g/mol. The van der Waals surface area contributed by atoms with Gasteiger partial charge in [0.25, 0.3) is 11.8 Å². The zero-order valence-electron chi connectivity index (χ0n) is 17.7. The van der Waals surface area contributed by atoms with Gasteiger partial charge in [-0.3, -0.25) is 14.9 Å². The Bertz CT molecular complexity index is 1270. The van der Waals surface area contributed by atoms with Gasteiger partial charge in [0.2, 0.25) is 0 Å². The molecule has 3 rings (SSSR count). The van der Waals surface area contributed by atoms with E-state index < -0.39 is 35.2 Å². The van der Waals surface area contributed by atoms with Crippen molar-refractivity contribution in [3.05, 3.63) is 88.7 Å². The fourth-order valence-corrected chi connectivity index (χ4v) is 3.05. The Morgan fingerprint density at radius 1 is 1.12 bits per heavy atom. The van der Waals surface area contributed by atoms with Gasteiger partial charge >= 0.3 is 12.0 Å². The first-order valence-electron chi connectivity index (χ1n) is 9.73. The third-order valence-electron chi connectivity index (χ3n) is 4.48. The monoisotopic (exact) mass is 450 g/mol. The molecule has 9 heteroatoms. The van der Waals surface area contributed by atoms with E-state index in [1.54, 1.807) is 32.1 Å². The van der Waals surface area contributed by atoms with E-state index in [9.17, 15) is 28.7 Å². The fourth-order valence-electron chi connectivity index (χ4n) is 3.05. The zero-order chi connectivity index (χ0) is 24.1. The van der Waals surface area contributed by atoms with Crippen LogP contribution in [0.3, 0.4) is 0 Å². The van der Waals surface area contributed by atoms with E-state index >= 15 is 0 Å². The molecule has 1 aromatic carbocycles. The van der Waals surface area contributed by atoms with Crippen LogP contribution in [0.2, 0.25) is 0 Å². The van der Waals surface area contributed by atoms with Gasteiger partial charge in [0.05, 0.1) is 11.3 Å². The smallest absolute Gasteiger partial charge is 0.336 e. The normalized spacial score (nSPS) is 16.6. The molecule has 0 spiro atoms. The predicted octanol–water partition coefficient (Wildman–Crippen LogP) is 4.08. The second kappa shape index (κ2) is 9.73. The first kappa shape index (κ1) is 23.1. The Balaban J connectivity index is 1.91. The summed E-state index contributed by atoms with van der Waals surface area (Å²) >= 11 is 0. The molecular formula is C24H19FN2O6. The summed E-state index contributed by atoms with van der Waals surface area (Å²) in [6.07, 6.45) is 7.23. The number of urea groups is 1. The Kier molecular flexibility index (Phi) is 6.82. The van der Waals surface area contributed by atoms with Crippen LogP contribution in [0.15, 0.2) is 75.8 Å². The van der Waals surface area contributed by atoms with Crippen LogP contribution in [0.4, 0.5) is 14.9 Å². The van der Waals surface area contributed by atoms with E-state index in [0.717, 1.165) is 12.1 Å². The highest BCUT2D eigenvalue weighted by Gasteiger charge is 2.38. The molecule has 2 N–H and O–H groups in total. The van der Waals surface area contributed by atoms with E-state index in [4.69, 9.17) is 4.42 Å². The Morgan fingerprint density at radius 2 is 1.82 bits per heavy atom. The molecule has 0 aliphatic carbocycles. The van der Waals surface area contributed by atoms with Gasteiger partial charge in [-0.25, -0.2) is 18.9 Å². The number of furan rings is 1. The number of nitrogens with one attached hydrogen (secondary N) is 1. The molecule has 0 atom stereocenters. The number of carbonyl (C=O) groups excluding carboxylic acids is 3. The molecule has 0 saturated carbocycles. The van der Waals surface area contributed by atoms with Crippen LogP contribution >= 0.6 is 0 Å². The molecule has 0 bridgehead atoms. The van der Waals surface area contributed by atoms with Crippen LogP contribution in [0.1, 0.15) is 25.4 Å². The van der Waals surface area contributed by atoms with Crippen LogP contribution in [0.25, 0.3) is 12.2 Å². The minimum atomic E-state index is -1.08. The van der Waals surface area contributed by atoms with Crippen LogP contribution in [0, 0.1) is 5.82 Å². The molecule has 2 heterocycles. The largest absolute Gasteiger partial charge is 0.478 e. The number of allylic oxidation sites excluding steroid dienone is 3. The van der Waals surface area contributed by atoms with E-state index in [2.05, 4.69) is 0 Å². The SMILES string of the molecule is C\C=C/C(=C\C(C)=C\c1ccc(/C=C2\C(=O)NC(=O)N(c3ccccc3F)C2=O)o1)C(=O)O. The van der Waals surface area contributed by atoms with E-state index in [0.29, 0.717) is 16.2 Å². The summed E-state index contributed by atoms with van der Waals surface area (Å²) in [6, 6.07) is 7.17. The van der Waals surface area contributed by atoms with Gasteiger partial charge in [-0.1, -0.05) is 24.3 Å². The van der Waals surface area contributed by atoms with Crippen molar-refractivity contribution in [3.8, 4) is 0 Å². The number of anilines is 1.